The van der Waals surface area contributed by atoms with Crippen molar-refractivity contribution in [3.63, 3.8) is 0 Å². The van der Waals surface area contributed by atoms with Gasteiger partial charge in [0, 0.05) is 11.4 Å². The van der Waals surface area contributed by atoms with Crippen molar-refractivity contribution in [1.29, 1.82) is 0 Å². The van der Waals surface area contributed by atoms with Crippen molar-refractivity contribution in [2.24, 2.45) is 0 Å². The van der Waals surface area contributed by atoms with E-state index in [1.54, 1.807) is 22.9 Å². The maximum Gasteiger partial charge on any atom is 0.338 e. The molecule has 4 aromatic rings. The van der Waals surface area contributed by atoms with Crippen LogP contribution in [0.3, 0.4) is 0 Å². The van der Waals surface area contributed by atoms with Gasteiger partial charge in [0.2, 0.25) is 11.1 Å². The molecule has 1 N–H and O–H groups in total. The maximum absolute atomic E-state index is 14.1. The van der Waals surface area contributed by atoms with Crippen LogP contribution in [0.25, 0.3) is 0 Å². The Kier molecular flexibility index (Phi) is 6.63. The molecule has 1 aliphatic heterocycles. The zero-order valence-electron chi connectivity index (χ0n) is 19.0. The summed E-state index contributed by atoms with van der Waals surface area (Å²) in [6.45, 7) is 2.01. The minimum atomic E-state index is -0.508. The summed E-state index contributed by atoms with van der Waals surface area (Å²) in [6, 6.07) is 25.4. The summed E-state index contributed by atoms with van der Waals surface area (Å²) in [5.74, 6) is 0.233. The highest BCUT2D eigenvalue weighted by atomic mass is 32.2. The van der Waals surface area contributed by atoms with Gasteiger partial charge in [-0.25, -0.2) is 13.9 Å². The number of carbonyl (C=O) groups is 1. The molecule has 35 heavy (non-hydrogen) atoms. The van der Waals surface area contributed by atoms with E-state index < -0.39 is 12.0 Å². The zero-order chi connectivity index (χ0) is 24.2. The fraction of sp³-hybridized carbons (Fsp3) is 0.148. The molecule has 8 heteroatoms. The van der Waals surface area contributed by atoms with Crippen LogP contribution in [0.2, 0.25) is 0 Å². The molecule has 5 rings (SSSR count). The normalized spacial score (nSPS) is 14.9. The van der Waals surface area contributed by atoms with Crippen LogP contribution in [0.5, 0.6) is 0 Å². The number of hydrogen-bond acceptors (Lipinski definition) is 6. The van der Waals surface area contributed by atoms with E-state index >= 15 is 0 Å². The molecule has 0 saturated heterocycles. The fourth-order valence-corrected chi connectivity index (χ4v) is 4.77. The smallest absolute Gasteiger partial charge is 0.338 e. The topological polar surface area (TPSA) is 69.0 Å². The highest BCUT2D eigenvalue weighted by molar-refractivity contribution is 7.98. The number of esters is 1. The molecule has 176 valence electrons. The Labute approximate surface area is 206 Å². The van der Waals surface area contributed by atoms with Gasteiger partial charge in [-0.3, -0.25) is 0 Å². The van der Waals surface area contributed by atoms with Crippen LogP contribution in [-0.2, 0) is 21.9 Å². The highest BCUT2D eigenvalue weighted by Crippen LogP contribution is 2.37. The summed E-state index contributed by atoms with van der Waals surface area (Å²) < 4.78 is 21.4. The number of fused-ring (bicyclic) bond motifs is 1. The molecule has 0 spiro atoms. The summed E-state index contributed by atoms with van der Waals surface area (Å²) in [6.07, 6.45) is 0. The molecule has 0 amide bonds. The van der Waals surface area contributed by atoms with Crippen molar-refractivity contribution in [3.8, 4) is 0 Å². The molecule has 1 atom stereocenters. The average Bonchev–Trinajstić information content (AvgIpc) is 3.29. The zero-order valence-corrected chi connectivity index (χ0v) is 19.8. The predicted molar refractivity (Wildman–Crippen MR) is 133 cm³/mol. The van der Waals surface area contributed by atoms with Gasteiger partial charge in [-0.15, -0.1) is 5.10 Å². The Morgan fingerprint density at radius 2 is 1.71 bits per heavy atom. The summed E-state index contributed by atoms with van der Waals surface area (Å²) in [7, 11) is 0. The Hall–Kier alpha value is -3.91. The molecule has 0 aliphatic carbocycles. The van der Waals surface area contributed by atoms with Gasteiger partial charge in [0.1, 0.15) is 18.5 Å². The minimum absolute atomic E-state index is 0.173. The van der Waals surface area contributed by atoms with Gasteiger partial charge in [0.25, 0.3) is 0 Å². The largest absolute Gasteiger partial charge is 0.457 e. The van der Waals surface area contributed by atoms with Gasteiger partial charge >= 0.3 is 5.97 Å². The molecule has 0 saturated carbocycles. The number of nitrogens with zero attached hydrogens (tertiary/aromatic N) is 3. The number of benzene rings is 3. The number of ether oxygens (including phenoxy) is 1. The first kappa shape index (κ1) is 22.9. The van der Waals surface area contributed by atoms with E-state index in [-0.39, 0.29) is 12.4 Å². The lowest BCUT2D eigenvalue weighted by Gasteiger charge is -2.28. The van der Waals surface area contributed by atoms with Crippen molar-refractivity contribution in [2.45, 2.75) is 30.5 Å². The fourth-order valence-electron chi connectivity index (χ4n) is 3.96. The molecular weight excluding hydrogens is 463 g/mol. The molecule has 6 nitrogen and oxygen atoms in total. The first-order chi connectivity index (χ1) is 17.1. The van der Waals surface area contributed by atoms with Crippen LogP contribution >= 0.6 is 11.8 Å². The third-order valence-corrected chi connectivity index (χ3v) is 6.58. The summed E-state index contributed by atoms with van der Waals surface area (Å²) >= 11 is 1.34. The number of thioether (sulfide) groups is 1. The molecule has 0 fully saturated rings. The van der Waals surface area contributed by atoms with Crippen LogP contribution in [-0.4, -0.2) is 20.7 Å². The molecule has 3 aromatic carbocycles. The van der Waals surface area contributed by atoms with E-state index in [0.717, 1.165) is 11.1 Å². The van der Waals surface area contributed by atoms with Gasteiger partial charge < -0.3 is 10.1 Å². The molecule has 0 bridgehead atoms. The second kappa shape index (κ2) is 10.1. The number of anilines is 1. The second-order valence-corrected chi connectivity index (χ2v) is 9.02. The molecule has 1 aliphatic rings. The van der Waals surface area contributed by atoms with Crippen LogP contribution in [0, 0.1) is 5.82 Å². The summed E-state index contributed by atoms with van der Waals surface area (Å²) in [5.41, 5.74) is 3.50. The van der Waals surface area contributed by atoms with Crippen molar-refractivity contribution in [2.75, 3.05) is 5.32 Å². The molecule has 1 aromatic heterocycles. The van der Waals surface area contributed by atoms with Gasteiger partial charge in [0.05, 0.1) is 5.57 Å². The number of hydrogen-bond donors (Lipinski definition) is 1. The third kappa shape index (κ3) is 4.97. The molecule has 2 heterocycles. The number of aromatic nitrogens is 3. The van der Waals surface area contributed by atoms with Crippen LogP contribution < -0.4 is 5.32 Å². The van der Waals surface area contributed by atoms with Gasteiger partial charge in [-0.05, 0) is 29.7 Å². The highest BCUT2D eigenvalue weighted by Gasteiger charge is 2.35. The standard InChI is InChI=1S/C27H23FN4O2S/c1-18-23(25(33)34-16-19-10-4-2-5-11-19)24(20-12-6-3-7-13-20)32-26(29-18)30-27(31-32)35-17-21-14-8-9-15-22(21)28/h2-15,24H,16-17H2,1H3,(H,29,30,31). The maximum atomic E-state index is 14.1. The molecule has 1 unspecified atom stereocenters. The number of nitrogens with one attached hydrogen (secondary N) is 1. The van der Waals surface area contributed by atoms with E-state index in [4.69, 9.17) is 4.74 Å². The average molecular weight is 487 g/mol. The number of allylic oxidation sites excluding steroid dienone is 1. The Morgan fingerprint density at radius 3 is 2.46 bits per heavy atom. The van der Waals surface area contributed by atoms with E-state index in [1.165, 1.54) is 17.8 Å². The van der Waals surface area contributed by atoms with Crippen LogP contribution in [0.4, 0.5) is 10.3 Å². The minimum Gasteiger partial charge on any atom is -0.457 e. The van der Waals surface area contributed by atoms with Crippen LogP contribution in [0.15, 0.2) is 101 Å². The quantitative estimate of drug-likeness (QED) is 0.265. The molecular formula is C27H23FN4O2S. The van der Waals surface area contributed by atoms with E-state index in [2.05, 4.69) is 15.4 Å². The number of halogens is 1. The Morgan fingerprint density at radius 1 is 1.03 bits per heavy atom. The lowest BCUT2D eigenvalue weighted by Crippen LogP contribution is -2.29. The SMILES string of the molecule is CC1=C(C(=O)OCc2ccccc2)C(c2ccccc2)n2nc(SCc3ccccc3F)nc2N1. The third-order valence-electron chi connectivity index (χ3n) is 5.70. The number of rotatable bonds is 7. The van der Waals surface area contributed by atoms with Crippen LogP contribution in [0.1, 0.15) is 29.7 Å². The van der Waals surface area contributed by atoms with Crippen molar-refractivity contribution < 1.29 is 13.9 Å². The molecule has 0 radical (unpaired) electrons. The van der Waals surface area contributed by atoms with Gasteiger partial charge in [0.15, 0.2) is 0 Å². The van der Waals surface area contributed by atoms with Crippen molar-refractivity contribution >= 4 is 23.7 Å². The first-order valence-electron chi connectivity index (χ1n) is 11.2. The van der Waals surface area contributed by atoms with Gasteiger partial charge in [-0.1, -0.05) is 90.6 Å². The Bertz CT molecular complexity index is 1370. The number of carbonyl (C=O) groups excluding carboxylic acids is 1. The van der Waals surface area contributed by atoms with Gasteiger partial charge in [-0.2, -0.15) is 4.98 Å². The predicted octanol–water partition coefficient (Wildman–Crippen LogP) is 5.74. The lowest BCUT2D eigenvalue weighted by atomic mass is 9.96. The summed E-state index contributed by atoms with van der Waals surface area (Å²) in [5, 5.41) is 8.37. The van der Waals surface area contributed by atoms with Crippen molar-refractivity contribution in [1.82, 2.24) is 14.8 Å². The van der Waals surface area contributed by atoms with E-state index in [0.29, 0.717) is 33.7 Å². The van der Waals surface area contributed by atoms with E-state index in [9.17, 15) is 9.18 Å². The second-order valence-electron chi connectivity index (χ2n) is 8.08. The van der Waals surface area contributed by atoms with Crippen molar-refractivity contribution in [3.05, 3.63) is 119 Å². The lowest BCUT2D eigenvalue weighted by molar-refractivity contribution is -0.140. The first-order valence-corrected chi connectivity index (χ1v) is 12.2. The monoisotopic (exact) mass is 486 g/mol. The van der Waals surface area contributed by atoms with E-state index in [1.807, 2.05) is 67.6 Å². The summed E-state index contributed by atoms with van der Waals surface area (Å²) in [4.78, 5) is 17.9. The Balaban J connectivity index is 1.43.